The van der Waals surface area contributed by atoms with Gasteiger partial charge in [-0.15, -0.1) is 0 Å². The number of nitrogens with zero attached hydrogens (tertiary/aromatic N) is 2. The van der Waals surface area contributed by atoms with Crippen LogP contribution in [0.1, 0.15) is 29.9 Å². The van der Waals surface area contributed by atoms with Crippen molar-refractivity contribution in [1.82, 2.24) is 9.55 Å². The molecule has 116 valence electrons. The highest BCUT2D eigenvalue weighted by Gasteiger charge is 2.25. The van der Waals surface area contributed by atoms with Crippen LogP contribution in [-0.4, -0.2) is 9.55 Å². The third kappa shape index (κ3) is 2.34. The fraction of sp³-hybridized carbons (Fsp3) is 0.222. The van der Waals surface area contributed by atoms with E-state index >= 15 is 0 Å². The summed E-state index contributed by atoms with van der Waals surface area (Å²) in [4.78, 5) is 17.0. The minimum Gasteiger partial charge on any atom is -0.268 e. The zero-order chi connectivity index (χ0) is 16.1. The molecule has 23 heavy (non-hydrogen) atoms. The summed E-state index contributed by atoms with van der Waals surface area (Å²) in [5, 5.41) is 1.25. The third-order valence-electron chi connectivity index (χ3n) is 4.37. The maximum atomic E-state index is 14.5. The highest BCUT2D eigenvalue weighted by molar-refractivity contribution is 6.31. The number of rotatable bonds is 2. The molecule has 1 fully saturated rings. The Morgan fingerprint density at radius 1 is 1.30 bits per heavy atom. The van der Waals surface area contributed by atoms with Crippen LogP contribution in [-0.2, 0) is 0 Å². The van der Waals surface area contributed by atoms with Crippen LogP contribution in [0.4, 0.5) is 4.39 Å². The van der Waals surface area contributed by atoms with Crippen molar-refractivity contribution in [2.24, 2.45) is 0 Å². The normalized spacial score (nSPS) is 14.4. The van der Waals surface area contributed by atoms with Crippen LogP contribution in [0.5, 0.6) is 0 Å². The highest BCUT2D eigenvalue weighted by atomic mass is 35.5. The van der Waals surface area contributed by atoms with Crippen molar-refractivity contribution >= 4 is 22.4 Å². The Balaban J connectivity index is 1.98. The minimum atomic E-state index is -0.469. The number of fused-ring (bicyclic) bond motifs is 1. The largest absolute Gasteiger partial charge is 0.268 e. The van der Waals surface area contributed by atoms with Crippen LogP contribution in [0, 0.1) is 12.7 Å². The van der Waals surface area contributed by atoms with Crippen molar-refractivity contribution in [3.05, 3.63) is 69.0 Å². The molecule has 1 aliphatic rings. The maximum Gasteiger partial charge on any atom is 0.267 e. The summed E-state index contributed by atoms with van der Waals surface area (Å²) in [7, 11) is 0. The molecule has 4 rings (SSSR count). The Kier molecular flexibility index (Phi) is 3.23. The lowest BCUT2D eigenvalue weighted by atomic mass is 10.0. The van der Waals surface area contributed by atoms with Gasteiger partial charge in [-0.1, -0.05) is 17.7 Å². The first-order valence-corrected chi connectivity index (χ1v) is 7.90. The number of benzene rings is 1. The van der Waals surface area contributed by atoms with Gasteiger partial charge in [-0.25, -0.2) is 9.37 Å². The zero-order valence-corrected chi connectivity index (χ0v) is 13.3. The molecule has 5 heteroatoms. The van der Waals surface area contributed by atoms with Gasteiger partial charge in [0.2, 0.25) is 0 Å². The maximum absolute atomic E-state index is 14.5. The molecule has 3 aromatic rings. The van der Waals surface area contributed by atoms with E-state index < -0.39 is 11.4 Å². The van der Waals surface area contributed by atoms with Crippen molar-refractivity contribution in [2.75, 3.05) is 0 Å². The first-order valence-electron chi connectivity index (χ1n) is 7.52. The van der Waals surface area contributed by atoms with E-state index in [1.54, 1.807) is 25.3 Å². The van der Waals surface area contributed by atoms with Crippen LogP contribution in [0.15, 0.2) is 41.5 Å². The second-order valence-corrected chi connectivity index (χ2v) is 6.38. The first kappa shape index (κ1) is 14.4. The number of aromatic nitrogens is 2. The lowest BCUT2D eigenvalue weighted by Crippen LogP contribution is -2.20. The second kappa shape index (κ2) is 5.17. The molecule has 0 spiro atoms. The fourth-order valence-electron chi connectivity index (χ4n) is 2.91. The van der Waals surface area contributed by atoms with Gasteiger partial charge in [0, 0.05) is 23.0 Å². The predicted molar refractivity (Wildman–Crippen MR) is 89.0 cm³/mol. The summed E-state index contributed by atoms with van der Waals surface area (Å²) >= 11 is 6.10. The van der Waals surface area contributed by atoms with E-state index in [4.69, 9.17) is 11.6 Å². The monoisotopic (exact) mass is 328 g/mol. The molecule has 3 nitrogen and oxygen atoms in total. The van der Waals surface area contributed by atoms with Gasteiger partial charge in [0.05, 0.1) is 5.39 Å². The van der Waals surface area contributed by atoms with E-state index in [0.29, 0.717) is 27.7 Å². The average molecular weight is 329 g/mol. The van der Waals surface area contributed by atoms with Crippen molar-refractivity contribution in [1.29, 1.82) is 0 Å². The number of hydrogen-bond acceptors (Lipinski definition) is 2. The molecule has 1 aliphatic carbocycles. The standard InChI is InChI=1S/C18H14ClFN2O/c1-10-14(19)4-6-21-17(10)22-7-5-12-8-13(11-2-3-11)9-15(20)16(12)18(22)23/h4-9,11H,2-3H2,1H3. The summed E-state index contributed by atoms with van der Waals surface area (Å²) in [5.41, 5.74) is 1.25. The number of halogens is 2. The summed E-state index contributed by atoms with van der Waals surface area (Å²) in [6, 6.07) is 6.83. The van der Waals surface area contributed by atoms with Crippen LogP contribution < -0.4 is 5.56 Å². The van der Waals surface area contributed by atoms with Crippen LogP contribution >= 0.6 is 11.6 Å². The van der Waals surface area contributed by atoms with E-state index in [9.17, 15) is 9.18 Å². The van der Waals surface area contributed by atoms with E-state index in [2.05, 4.69) is 4.98 Å². The summed E-state index contributed by atoms with van der Waals surface area (Å²) < 4.78 is 15.9. The smallest absolute Gasteiger partial charge is 0.267 e. The van der Waals surface area contributed by atoms with Gasteiger partial charge in [0.25, 0.3) is 5.56 Å². The molecular formula is C18H14ClFN2O. The minimum absolute atomic E-state index is 0.0954. The molecule has 0 bridgehead atoms. The molecule has 0 radical (unpaired) electrons. The van der Waals surface area contributed by atoms with Crippen molar-refractivity contribution in [3.63, 3.8) is 0 Å². The predicted octanol–water partition coefficient (Wildman–Crippen LogP) is 4.36. The van der Waals surface area contributed by atoms with Gasteiger partial charge >= 0.3 is 0 Å². The molecule has 1 aromatic carbocycles. The van der Waals surface area contributed by atoms with Crippen LogP contribution in [0.2, 0.25) is 5.02 Å². The van der Waals surface area contributed by atoms with E-state index in [-0.39, 0.29) is 5.39 Å². The molecule has 0 amide bonds. The van der Waals surface area contributed by atoms with Gasteiger partial charge in [0.1, 0.15) is 11.6 Å². The Morgan fingerprint density at radius 3 is 2.83 bits per heavy atom. The van der Waals surface area contributed by atoms with E-state index in [1.165, 1.54) is 16.8 Å². The number of hydrogen-bond donors (Lipinski definition) is 0. The molecule has 0 aliphatic heterocycles. The molecule has 1 saturated carbocycles. The van der Waals surface area contributed by atoms with Gasteiger partial charge in [0.15, 0.2) is 0 Å². The van der Waals surface area contributed by atoms with Crippen molar-refractivity contribution < 1.29 is 4.39 Å². The van der Waals surface area contributed by atoms with Crippen molar-refractivity contribution in [3.8, 4) is 5.82 Å². The van der Waals surface area contributed by atoms with E-state index in [1.807, 2.05) is 6.07 Å². The lowest BCUT2D eigenvalue weighted by molar-refractivity contribution is 0.635. The summed E-state index contributed by atoms with van der Waals surface area (Å²) in [6.45, 7) is 1.79. The Labute approximate surface area is 137 Å². The topological polar surface area (TPSA) is 34.9 Å². The first-order chi connectivity index (χ1) is 11.1. The Hall–Kier alpha value is -2.20. The molecular weight excluding hydrogens is 315 g/mol. The highest BCUT2D eigenvalue weighted by Crippen LogP contribution is 2.41. The van der Waals surface area contributed by atoms with Crippen LogP contribution in [0.3, 0.4) is 0 Å². The fourth-order valence-corrected chi connectivity index (χ4v) is 3.05. The number of pyridine rings is 2. The second-order valence-electron chi connectivity index (χ2n) is 5.97. The summed E-state index contributed by atoms with van der Waals surface area (Å²) in [6.07, 6.45) is 5.35. The SMILES string of the molecule is Cc1c(Cl)ccnc1-n1ccc2cc(C3CC3)cc(F)c2c1=O. The lowest BCUT2D eigenvalue weighted by Gasteiger charge is -2.11. The summed E-state index contributed by atoms with van der Waals surface area (Å²) in [5.74, 6) is 0.395. The van der Waals surface area contributed by atoms with E-state index in [0.717, 1.165) is 18.4 Å². The quantitative estimate of drug-likeness (QED) is 0.700. The van der Waals surface area contributed by atoms with Gasteiger partial charge in [-0.05, 0) is 54.8 Å². The molecule has 2 heterocycles. The van der Waals surface area contributed by atoms with Gasteiger partial charge < -0.3 is 0 Å². The van der Waals surface area contributed by atoms with Gasteiger partial charge in [-0.3, -0.25) is 9.36 Å². The van der Waals surface area contributed by atoms with Crippen LogP contribution in [0.25, 0.3) is 16.6 Å². The average Bonchev–Trinajstić information content (AvgIpc) is 3.35. The third-order valence-corrected chi connectivity index (χ3v) is 4.78. The van der Waals surface area contributed by atoms with Gasteiger partial charge in [-0.2, -0.15) is 0 Å². The molecule has 0 unspecified atom stereocenters. The van der Waals surface area contributed by atoms with Crippen molar-refractivity contribution in [2.45, 2.75) is 25.7 Å². The Bertz CT molecular complexity index is 992. The molecule has 2 aromatic heterocycles. The zero-order valence-electron chi connectivity index (χ0n) is 12.5. The molecule has 0 N–H and O–H groups in total. The molecule has 0 atom stereocenters. The molecule has 0 saturated heterocycles. The Morgan fingerprint density at radius 2 is 2.09 bits per heavy atom.